The molecule has 0 unspecified atom stereocenters. The Bertz CT molecular complexity index is 931. The van der Waals surface area contributed by atoms with Gasteiger partial charge in [0.1, 0.15) is 5.65 Å². The highest BCUT2D eigenvalue weighted by atomic mass is 35.5. The van der Waals surface area contributed by atoms with Crippen LogP contribution in [0.15, 0.2) is 35.1 Å². The van der Waals surface area contributed by atoms with Crippen LogP contribution in [0.1, 0.15) is 18.2 Å². The van der Waals surface area contributed by atoms with E-state index in [1.165, 1.54) is 0 Å². The summed E-state index contributed by atoms with van der Waals surface area (Å²) in [5, 5.41) is 1.37. The third-order valence-corrected chi connectivity index (χ3v) is 4.07. The standard InChI is InChI=1S/C17H16ClN3O/c1-4-21-16-13(9-14(18)11(3)19-16)15(20-17(21)22)12-7-5-6-10(2)8-12/h5-9H,4H2,1-3H3. The molecule has 4 nitrogen and oxygen atoms in total. The molecule has 0 atom stereocenters. The van der Waals surface area contributed by atoms with E-state index < -0.39 is 0 Å². The van der Waals surface area contributed by atoms with Gasteiger partial charge in [0.2, 0.25) is 0 Å². The van der Waals surface area contributed by atoms with Gasteiger partial charge in [0.05, 0.1) is 16.4 Å². The Balaban J connectivity index is 2.45. The lowest BCUT2D eigenvalue weighted by Crippen LogP contribution is -2.24. The maximum atomic E-state index is 12.3. The zero-order valence-corrected chi connectivity index (χ0v) is 13.5. The summed E-state index contributed by atoms with van der Waals surface area (Å²) < 4.78 is 1.57. The average Bonchev–Trinajstić information content (AvgIpc) is 2.48. The second kappa shape index (κ2) is 5.54. The maximum absolute atomic E-state index is 12.3. The molecule has 5 heteroatoms. The summed E-state index contributed by atoms with van der Waals surface area (Å²) >= 11 is 6.24. The molecule has 0 saturated heterocycles. The van der Waals surface area contributed by atoms with Crippen LogP contribution in [0.25, 0.3) is 22.3 Å². The van der Waals surface area contributed by atoms with E-state index in [4.69, 9.17) is 11.6 Å². The molecule has 1 aromatic carbocycles. The van der Waals surface area contributed by atoms with Gasteiger partial charge in [0.15, 0.2) is 0 Å². The highest BCUT2D eigenvalue weighted by Crippen LogP contribution is 2.28. The van der Waals surface area contributed by atoms with Gasteiger partial charge < -0.3 is 0 Å². The van der Waals surface area contributed by atoms with E-state index in [9.17, 15) is 4.79 Å². The topological polar surface area (TPSA) is 47.8 Å². The van der Waals surface area contributed by atoms with Gasteiger partial charge in [0.25, 0.3) is 0 Å². The summed E-state index contributed by atoms with van der Waals surface area (Å²) in [5.41, 5.74) is 3.67. The van der Waals surface area contributed by atoms with Crippen LogP contribution in [-0.2, 0) is 6.54 Å². The van der Waals surface area contributed by atoms with Gasteiger partial charge in [-0.05, 0) is 32.9 Å². The van der Waals surface area contributed by atoms with E-state index >= 15 is 0 Å². The zero-order chi connectivity index (χ0) is 15.9. The lowest BCUT2D eigenvalue weighted by molar-refractivity contribution is 0.722. The van der Waals surface area contributed by atoms with E-state index in [1.807, 2.05) is 51.1 Å². The van der Waals surface area contributed by atoms with E-state index in [0.29, 0.717) is 28.6 Å². The Kier molecular flexibility index (Phi) is 3.71. The average molecular weight is 314 g/mol. The second-order valence-electron chi connectivity index (χ2n) is 5.28. The van der Waals surface area contributed by atoms with E-state index in [0.717, 1.165) is 16.5 Å². The van der Waals surface area contributed by atoms with Crippen molar-refractivity contribution in [3.05, 3.63) is 57.1 Å². The fraction of sp³-hybridized carbons (Fsp3) is 0.235. The first-order valence-electron chi connectivity index (χ1n) is 7.16. The molecule has 2 aromatic heterocycles. The van der Waals surface area contributed by atoms with E-state index in [-0.39, 0.29) is 5.69 Å². The monoisotopic (exact) mass is 313 g/mol. The molecule has 2 heterocycles. The summed E-state index contributed by atoms with van der Waals surface area (Å²) in [6.45, 7) is 6.26. The van der Waals surface area contributed by atoms with Crippen molar-refractivity contribution in [3.63, 3.8) is 0 Å². The summed E-state index contributed by atoms with van der Waals surface area (Å²) in [4.78, 5) is 21.1. The van der Waals surface area contributed by atoms with Crippen LogP contribution in [-0.4, -0.2) is 14.5 Å². The van der Waals surface area contributed by atoms with Crippen molar-refractivity contribution in [1.29, 1.82) is 0 Å². The lowest BCUT2D eigenvalue weighted by Gasteiger charge is -2.12. The smallest absolute Gasteiger partial charge is 0.276 e. The molecule has 0 spiro atoms. The number of aryl methyl sites for hydroxylation is 3. The van der Waals surface area contributed by atoms with Crippen LogP contribution in [0.3, 0.4) is 0 Å². The van der Waals surface area contributed by atoms with Crippen molar-refractivity contribution < 1.29 is 0 Å². The summed E-state index contributed by atoms with van der Waals surface area (Å²) in [5.74, 6) is 0. The van der Waals surface area contributed by atoms with Gasteiger partial charge in [0, 0.05) is 17.5 Å². The van der Waals surface area contributed by atoms with Crippen LogP contribution in [0.2, 0.25) is 5.02 Å². The molecule has 0 fully saturated rings. The minimum atomic E-state index is -0.291. The molecule has 0 saturated carbocycles. The van der Waals surface area contributed by atoms with Gasteiger partial charge >= 0.3 is 5.69 Å². The predicted octanol–water partition coefficient (Wildman–Crippen LogP) is 3.75. The number of halogens is 1. The number of pyridine rings is 1. The van der Waals surface area contributed by atoms with Gasteiger partial charge in [-0.1, -0.05) is 35.4 Å². The number of hydrogen-bond acceptors (Lipinski definition) is 3. The Hall–Kier alpha value is -2.20. The van der Waals surface area contributed by atoms with Crippen molar-refractivity contribution >= 4 is 22.6 Å². The first-order chi connectivity index (χ1) is 10.5. The highest BCUT2D eigenvalue weighted by Gasteiger charge is 2.14. The van der Waals surface area contributed by atoms with Gasteiger partial charge in [-0.3, -0.25) is 4.57 Å². The predicted molar refractivity (Wildman–Crippen MR) is 89.4 cm³/mol. The fourth-order valence-corrected chi connectivity index (χ4v) is 2.70. The molecule has 0 aliphatic carbocycles. The van der Waals surface area contributed by atoms with Gasteiger partial charge in [-0.25, -0.2) is 9.78 Å². The number of fused-ring (bicyclic) bond motifs is 1. The third-order valence-electron chi connectivity index (χ3n) is 3.69. The van der Waals surface area contributed by atoms with Crippen LogP contribution in [0.5, 0.6) is 0 Å². The van der Waals surface area contributed by atoms with Crippen LogP contribution < -0.4 is 5.69 Å². The first-order valence-corrected chi connectivity index (χ1v) is 7.53. The molecular formula is C17H16ClN3O. The minimum absolute atomic E-state index is 0.291. The summed E-state index contributed by atoms with van der Waals surface area (Å²) in [6, 6.07) is 9.75. The minimum Gasteiger partial charge on any atom is -0.276 e. The third kappa shape index (κ3) is 2.40. The van der Waals surface area contributed by atoms with Crippen molar-refractivity contribution in [3.8, 4) is 11.3 Å². The number of hydrogen-bond donors (Lipinski definition) is 0. The van der Waals surface area contributed by atoms with Crippen LogP contribution in [0, 0.1) is 13.8 Å². The van der Waals surface area contributed by atoms with E-state index in [1.54, 1.807) is 4.57 Å². The SMILES string of the molecule is CCn1c(=O)nc(-c2cccc(C)c2)c2cc(Cl)c(C)nc21. The summed E-state index contributed by atoms with van der Waals surface area (Å²) in [6.07, 6.45) is 0. The Labute approximate surface area is 133 Å². The fourth-order valence-electron chi connectivity index (χ4n) is 2.55. The molecule has 0 bridgehead atoms. The molecule has 112 valence electrons. The van der Waals surface area contributed by atoms with Crippen molar-refractivity contribution in [2.45, 2.75) is 27.3 Å². The first kappa shape index (κ1) is 14.7. The Morgan fingerprint density at radius 2 is 1.95 bits per heavy atom. The van der Waals surface area contributed by atoms with Gasteiger partial charge in [-0.15, -0.1) is 0 Å². The van der Waals surface area contributed by atoms with Crippen LogP contribution in [0.4, 0.5) is 0 Å². The molecule has 0 aliphatic heterocycles. The molecule has 3 aromatic rings. The summed E-state index contributed by atoms with van der Waals surface area (Å²) in [7, 11) is 0. The van der Waals surface area contributed by atoms with Crippen molar-refractivity contribution in [1.82, 2.24) is 14.5 Å². The largest absolute Gasteiger partial charge is 0.349 e. The number of aromatic nitrogens is 3. The normalized spacial score (nSPS) is 11.1. The molecule has 3 rings (SSSR count). The molecular weight excluding hydrogens is 298 g/mol. The molecule has 0 amide bonds. The number of rotatable bonds is 2. The number of nitrogens with zero attached hydrogens (tertiary/aromatic N) is 3. The van der Waals surface area contributed by atoms with E-state index in [2.05, 4.69) is 9.97 Å². The zero-order valence-electron chi connectivity index (χ0n) is 12.7. The van der Waals surface area contributed by atoms with Crippen molar-refractivity contribution in [2.75, 3.05) is 0 Å². The lowest BCUT2D eigenvalue weighted by atomic mass is 10.1. The quantitative estimate of drug-likeness (QED) is 0.724. The van der Waals surface area contributed by atoms with Gasteiger partial charge in [-0.2, -0.15) is 4.98 Å². The second-order valence-corrected chi connectivity index (χ2v) is 5.69. The number of benzene rings is 1. The Morgan fingerprint density at radius 3 is 2.64 bits per heavy atom. The molecule has 22 heavy (non-hydrogen) atoms. The maximum Gasteiger partial charge on any atom is 0.349 e. The van der Waals surface area contributed by atoms with Crippen LogP contribution >= 0.6 is 11.6 Å². The highest BCUT2D eigenvalue weighted by molar-refractivity contribution is 6.32. The Morgan fingerprint density at radius 1 is 1.18 bits per heavy atom. The molecule has 0 N–H and O–H groups in total. The van der Waals surface area contributed by atoms with Crippen molar-refractivity contribution in [2.24, 2.45) is 0 Å². The molecule has 0 radical (unpaired) electrons. The molecule has 0 aliphatic rings.